The molecule has 0 fully saturated rings. The molecule has 0 unspecified atom stereocenters. The minimum atomic E-state index is -0.279. The van der Waals surface area contributed by atoms with E-state index in [4.69, 9.17) is 9.47 Å². The summed E-state index contributed by atoms with van der Waals surface area (Å²) in [4.78, 5) is 25.3. The van der Waals surface area contributed by atoms with Gasteiger partial charge in [-0.15, -0.1) is 0 Å². The topological polar surface area (TPSA) is 76.7 Å². The molecule has 0 saturated carbocycles. The fourth-order valence-corrected chi connectivity index (χ4v) is 3.18. The minimum absolute atomic E-state index is 0.0336. The van der Waals surface area contributed by atoms with Gasteiger partial charge in [-0.2, -0.15) is 0 Å². The number of hydrogen-bond acceptors (Lipinski definition) is 4. The van der Waals surface area contributed by atoms with E-state index >= 15 is 0 Å². The van der Waals surface area contributed by atoms with Gasteiger partial charge in [0, 0.05) is 24.0 Å². The van der Waals surface area contributed by atoms with Crippen LogP contribution in [0.5, 0.6) is 5.75 Å². The summed E-state index contributed by atoms with van der Waals surface area (Å²) in [6.45, 7) is 7.19. The number of nitrogens with one attached hydrogen (secondary N) is 2. The molecule has 0 aliphatic rings. The molecule has 0 bridgehead atoms. The zero-order valence-corrected chi connectivity index (χ0v) is 19.5. The van der Waals surface area contributed by atoms with Crippen molar-refractivity contribution in [2.45, 2.75) is 26.2 Å². The number of benzene rings is 3. The molecule has 6 nitrogen and oxygen atoms in total. The molecule has 6 heteroatoms. The van der Waals surface area contributed by atoms with E-state index in [2.05, 4.69) is 31.4 Å². The Morgan fingerprint density at radius 1 is 0.758 bits per heavy atom. The van der Waals surface area contributed by atoms with Crippen LogP contribution in [-0.4, -0.2) is 32.1 Å². The van der Waals surface area contributed by atoms with Gasteiger partial charge >= 0.3 is 0 Å². The number of para-hydroxylation sites is 1. The highest BCUT2D eigenvalue weighted by Crippen LogP contribution is 2.23. The average molecular weight is 447 g/mol. The molecule has 0 spiro atoms. The quantitative estimate of drug-likeness (QED) is 0.447. The number of ether oxygens (including phenoxy) is 2. The van der Waals surface area contributed by atoms with Crippen molar-refractivity contribution in [3.05, 3.63) is 89.5 Å². The van der Waals surface area contributed by atoms with Crippen LogP contribution in [0, 0.1) is 0 Å². The predicted octanol–water partition coefficient (Wildman–Crippen LogP) is 5.51. The molecule has 2 N–H and O–H groups in total. The normalized spacial score (nSPS) is 11.0. The van der Waals surface area contributed by atoms with Crippen molar-refractivity contribution in [3.63, 3.8) is 0 Å². The van der Waals surface area contributed by atoms with Crippen LogP contribution < -0.4 is 15.4 Å². The number of methoxy groups -OCH3 is 1. The van der Waals surface area contributed by atoms with Gasteiger partial charge in [0.05, 0.1) is 12.2 Å². The molecular weight excluding hydrogens is 416 g/mol. The van der Waals surface area contributed by atoms with Crippen LogP contribution in [0.15, 0.2) is 72.8 Å². The SMILES string of the molecule is COCCOc1ccccc1C(=O)Nc1ccc(NC(=O)c2ccc(C(C)(C)C)cc2)cc1. The van der Waals surface area contributed by atoms with E-state index in [1.54, 1.807) is 49.6 Å². The maximum absolute atomic E-state index is 12.7. The van der Waals surface area contributed by atoms with Gasteiger partial charge < -0.3 is 20.1 Å². The Kier molecular flexibility index (Phi) is 7.85. The van der Waals surface area contributed by atoms with Crippen molar-refractivity contribution >= 4 is 23.2 Å². The third-order valence-corrected chi connectivity index (χ3v) is 5.09. The molecule has 0 radical (unpaired) electrons. The van der Waals surface area contributed by atoms with Crippen LogP contribution in [-0.2, 0) is 10.2 Å². The molecule has 172 valence electrons. The van der Waals surface area contributed by atoms with Crippen LogP contribution in [0.25, 0.3) is 0 Å². The van der Waals surface area contributed by atoms with Crippen molar-refractivity contribution < 1.29 is 19.1 Å². The summed E-state index contributed by atoms with van der Waals surface area (Å²) in [5.74, 6) is 0.0292. The molecule has 0 aliphatic carbocycles. The molecule has 0 atom stereocenters. The van der Waals surface area contributed by atoms with E-state index in [-0.39, 0.29) is 17.2 Å². The largest absolute Gasteiger partial charge is 0.490 e. The molecule has 3 rings (SSSR count). The molecule has 33 heavy (non-hydrogen) atoms. The maximum Gasteiger partial charge on any atom is 0.259 e. The number of carbonyl (C=O) groups excluding carboxylic acids is 2. The average Bonchev–Trinajstić information content (AvgIpc) is 2.80. The van der Waals surface area contributed by atoms with Gasteiger partial charge in [0.15, 0.2) is 0 Å². The smallest absolute Gasteiger partial charge is 0.259 e. The lowest BCUT2D eigenvalue weighted by Gasteiger charge is -2.19. The summed E-state index contributed by atoms with van der Waals surface area (Å²) in [6, 6.07) is 21.6. The van der Waals surface area contributed by atoms with Gasteiger partial charge in [0.25, 0.3) is 11.8 Å². The molecule has 3 aromatic rings. The standard InChI is InChI=1S/C27H30N2O4/c1-27(2,3)20-11-9-19(10-12-20)25(30)28-21-13-15-22(16-14-21)29-26(31)23-7-5-6-8-24(23)33-18-17-32-4/h5-16H,17-18H2,1-4H3,(H,28,30)(H,29,31). The second-order valence-corrected chi connectivity index (χ2v) is 8.65. The van der Waals surface area contributed by atoms with Crippen molar-refractivity contribution in [3.8, 4) is 5.75 Å². The molecule has 0 aliphatic heterocycles. The first-order chi connectivity index (χ1) is 15.8. The van der Waals surface area contributed by atoms with Crippen LogP contribution in [0.1, 0.15) is 47.1 Å². The first kappa shape index (κ1) is 24.0. The maximum atomic E-state index is 12.7. The van der Waals surface area contributed by atoms with Crippen molar-refractivity contribution in [1.82, 2.24) is 0 Å². The highest BCUT2D eigenvalue weighted by Gasteiger charge is 2.15. The summed E-state index contributed by atoms with van der Waals surface area (Å²) in [5.41, 5.74) is 3.48. The Morgan fingerprint density at radius 2 is 1.33 bits per heavy atom. The van der Waals surface area contributed by atoms with E-state index in [0.29, 0.717) is 41.5 Å². The van der Waals surface area contributed by atoms with Gasteiger partial charge in [-0.3, -0.25) is 9.59 Å². The zero-order valence-electron chi connectivity index (χ0n) is 19.5. The van der Waals surface area contributed by atoms with Crippen LogP contribution in [0.4, 0.5) is 11.4 Å². The first-order valence-electron chi connectivity index (χ1n) is 10.8. The second-order valence-electron chi connectivity index (χ2n) is 8.65. The van der Waals surface area contributed by atoms with E-state index in [9.17, 15) is 9.59 Å². The van der Waals surface area contributed by atoms with E-state index < -0.39 is 0 Å². The Balaban J connectivity index is 1.61. The van der Waals surface area contributed by atoms with Crippen LogP contribution >= 0.6 is 0 Å². The van der Waals surface area contributed by atoms with Crippen LogP contribution in [0.3, 0.4) is 0 Å². The third-order valence-electron chi connectivity index (χ3n) is 5.09. The Labute approximate surface area is 194 Å². The summed E-state index contributed by atoms with van der Waals surface area (Å²) >= 11 is 0. The monoisotopic (exact) mass is 446 g/mol. The molecule has 0 heterocycles. The van der Waals surface area contributed by atoms with Crippen molar-refractivity contribution in [2.75, 3.05) is 31.0 Å². The Bertz CT molecular complexity index is 1080. The molecule has 0 aromatic heterocycles. The molecule has 0 saturated heterocycles. The Morgan fingerprint density at radius 3 is 1.91 bits per heavy atom. The fraction of sp³-hybridized carbons (Fsp3) is 0.259. The van der Waals surface area contributed by atoms with Crippen LogP contribution in [0.2, 0.25) is 0 Å². The number of anilines is 2. The second kappa shape index (κ2) is 10.8. The predicted molar refractivity (Wildman–Crippen MR) is 131 cm³/mol. The van der Waals surface area contributed by atoms with Gasteiger partial charge in [-0.1, -0.05) is 45.0 Å². The fourth-order valence-electron chi connectivity index (χ4n) is 3.18. The molecular formula is C27H30N2O4. The summed E-state index contributed by atoms with van der Waals surface area (Å²) < 4.78 is 10.6. The number of amides is 2. The van der Waals surface area contributed by atoms with E-state index in [1.165, 1.54) is 5.56 Å². The van der Waals surface area contributed by atoms with E-state index in [1.807, 2.05) is 30.3 Å². The van der Waals surface area contributed by atoms with Gasteiger partial charge in [0.2, 0.25) is 0 Å². The van der Waals surface area contributed by atoms with E-state index in [0.717, 1.165) is 0 Å². The lowest BCUT2D eigenvalue weighted by atomic mass is 9.87. The number of rotatable bonds is 8. The Hall–Kier alpha value is -3.64. The lowest BCUT2D eigenvalue weighted by Crippen LogP contribution is -2.15. The minimum Gasteiger partial charge on any atom is -0.490 e. The van der Waals surface area contributed by atoms with Gasteiger partial charge in [-0.05, 0) is 59.5 Å². The lowest BCUT2D eigenvalue weighted by molar-refractivity contribution is 0.101. The highest BCUT2D eigenvalue weighted by molar-refractivity contribution is 6.07. The number of hydrogen-bond donors (Lipinski definition) is 2. The summed E-state index contributed by atoms with van der Waals surface area (Å²) in [5, 5.41) is 5.74. The number of carbonyl (C=O) groups is 2. The summed E-state index contributed by atoms with van der Waals surface area (Å²) in [6.07, 6.45) is 0. The highest BCUT2D eigenvalue weighted by atomic mass is 16.5. The summed E-state index contributed by atoms with van der Waals surface area (Å²) in [7, 11) is 1.59. The first-order valence-corrected chi connectivity index (χ1v) is 10.8. The molecule has 3 aromatic carbocycles. The van der Waals surface area contributed by atoms with Gasteiger partial charge in [-0.25, -0.2) is 0 Å². The van der Waals surface area contributed by atoms with Crippen molar-refractivity contribution in [1.29, 1.82) is 0 Å². The zero-order chi connectivity index (χ0) is 23.8. The van der Waals surface area contributed by atoms with Gasteiger partial charge in [0.1, 0.15) is 12.4 Å². The third kappa shape index (κ3) is 6.67. The van der Waals surface area contributed by atoms with Crippen molar-refractivity contribution in [2.24, 2.45) is 0 Å². The molecule has 2 amide bonds.